The van der Waals surface area contributed by atoms with Crippen LogP contribution in [-0.2, 0) is 0 Å². The van der Waals surface area contributed by atoms with E-state index in [-0.39, 0.29) is 6.42 Å². The Morgan fingerprint density at radius 1 is 1.40 bits per heavy atom. The molecule has 0 aliphatic carbocycles. The molecule has 0 amide bonds. The summed E-state index contributed by atoms with van der Waals surface area (Å²) >= 11 is 0. The van der Waals surface area contributed by atoms with Gasteiger partial charge in [-0.2, -0.15) is 18.4 Å². The van der Waals surface area contributed by atoms with Crippen LogP contribution in [0.3, 0.4) is 0 Å². The molecule has 3 atom stereocenters. The topological polar surface area (TPSA) is 53.0 Å². The Balaban J connectivity index is 4.72. The molecule has 3 nitrogen and oxygen atoms in total. The van der Waals surface area contributed by atoms with Gasteiger partial charge in [0.1, 0.15) is 6.04 Å². The zero-order chi connectivity index (χ0) is 12.2. The normalized spacial score (nSPS) is 18.3. The molecule has 0 radical (unpaired) electrons. The third kappa shape index (κ3) is 4.06. The molecule has 0 saturated heterocycles. The van der Waals surface area contributed by atoms with E-state index in [1.165, 1.54) is 14.0 Å². The minimum atomic E-state index is -4.37. The number of hydrogen-bond donors (Lipinski definition) is 1. The van der Waals surface area contributed by atoms with Gasteiger partial charge in [-0.25, -0.2) is 0 Å². The van der Waals surface area contributed by atoms with Crippen LogP contribution < -0.4 is 5.73 Å². The van der Waals surface area contributed by atoms with Gasteiger partial charge in [0.15, 0.2) is 0 Å². The molecule has 3 unspecified atom stereocenters. The highest BCUT2D eigenvalue weighted by atomic mass is 19.4. The lowest BCUT2D eigenvalue weighted by Crippen LogP contribution is -2.56. The van der Waals surface area contributed by atoms with Crippen molar-refractivity contribution in [2.24, 2.45) is 5.73 Å². The highest BCUT2D eigenvalue weighted by Crippen LogP contribution is 2.27. The molecule has 0 bridgehead atoms. The lowest BCUT2D eigenvalue weighted by Gasteiger charge is -2.35. The summed E-state index contributed by atoms with van der Waals surface area (Å²) in [6.07, 6.45) is -4.32. The Morgan fingerprint density at radius 2 is 1.87 bits per heavy atom. The monoisotopic (exact) mass is 223 g/mol. The summed E-state index contributed by atoms with van der Waals surface area (Å²) in [5.74, 6) is 0. The molecule has 0 aromatic heterocycles. The molecular weight excluding hydrogens is 207 g/mol. The van der Waals surface area contributed by atoms with E-state index in [9.17, 15) is 13.2 Å². The smallest absolute Gasteiger partial charge is 0.326 e. The Morgan fingerprint density at radius 3 is 2.13 bits per heavy atom. The van der Waals surface area contributed by atoms with Gasteiger partial charge >= 0.3 is 6.18 Å². The van der Waals surface area contributed by atoms with Gasteiger partial charge < -0.3 is 5.73 Å². The number of halogens is 3. The van der Waals surface area contributed by atoms with Crippen molar-refractivity contribution in [3.8, 4) is 6.07 Å². The molecule has 0 aliphatic rings. The van der Waals surface area contributed by atoms with E-state index in [4.69, 9.17) is 11.0 Å². The third-order valence-electron chi connectivity index (χ3n) is 2.35. The van der Waals surface area contributed by atoms with Crippen molar-refractivity contribution >= 4 is 0 Å². The number of rotatable bonds is 4. The van der Waals surface area contributed by atoms with Gasteiger partial charge in [-0.3, -0.25) is 4.90 Å². The van der Waals surface area contributed by atoms with E-state index in [1.54, 1.807) is 6.92 Å². The zero-order valence-electron chi connectivity index (χ0n) is 9.04. The number of nitrogens with two attached hydrogens (primary N) is 1. The van der Waals surface area contributed by atoms with Crippen molar-refractivity contribution in [3.63, 3.8) is 0 Å². The predicted molar refractivity (Wildman–Crippen MR) is 50.9 cm³/mol. The summed E-state index contributed by atoms with van der Waals surface area (Å²) < 4.78 is 37.9. The van der Waals surface area contributed by atoms with Crippen LogP contribution in [0.15, 0.2) is 0 Å². The maximum Gasteiger partial charge on any atom is 0.405 e. The van der Waals surface area contributed by atoms with Crippen molar-refractivity contribution in [1.82, 2.24) is 4.90 Å². The molecule has 0 heterocycles. The summed E-state index contributed by atoms with van der Waals surface area (Å²) in [5, 5.41) is 8.42. The van der Waals surface area contributed by atoms with Crippen molar-refractivity contribution in [1.29, 1.82) is 5.26 Å². The molecule has 0 fully saturated rings. The summed E-state index contributed by atoms with van der Waals surface area (Å²) in [7, 11) is 1.34. The van der Waals surface area contributed by atoms with Crippen molar-refractivity contribution in [2.75, 3.05) is 7.05 Å². The quantitative estimate of drug-likeness (QED) is 0.785. The fourth-order valence-corrected chi connectivity index (χ4v) is 1.45. The number of nitrogens with zero attached hydrogens (tertiary/aromatic N) is 2. The SMILES string of the molecule is CC(N)C(N(C)C(C)CC#N)C(F)(F)F. The molecule has 0 rings (SSSR count). The first-order chi connectivity index (χ1) is 6.71. The fourth-order valence-electron chi connectivity index (χ4n) is 1.45. The second-order valence-electron chi connectivity index (χ2n) is 3.72. The lowest BCUT2D eigenvalue weighted by atomic mass is 10.1. The van der Waals surface area contributed by atoms with Crippen LogP contribution in [0.1, 0.15) is 20.3 Å². The fraction of sp³-hybridized carbons (Fsp3) is 0.889. The van der Waals surface area contributed by atoms with Gasteiger partial charge in [-0.1, -0.05) is 0 Å². The Bertz CT molecular complexity index is 232. The summed E-state index contributed by atoms with van der Waals surface area (Å²) in [4.78, 5) is 1.11. The van der Waals surface area contributed by atoms with Gasteiger partial charge in [0.2, 0.25) is 0 Å². The largest absolute Gasteiger partial charge is 0.405 e. The highest BCUT2D eigenvalue weighted by molar-refractivity contribution is 4.89. The molecule has 0 saturated carbocycles. The maximum absolute atomic E-state index is 12.6. The second kappa shape index (κ2) is 5.33. The average Bonchev–Trinajstić information content (AvgIpc) is 2.00. The number of alkyl halides is 3. The molecule has 88 valence electrons. The molecule has 0 aliphatic heterocycles. The number of nitriles is 1. The first-order valence-corrected chi connectivity index (χ1v) is 4.63. The van der Waals surface area contributed by atoms with Crippen LogP contribution in [0.5, 0.6) is 0 Å². The van der Waals surface area contributed by atoms with Crippen LogP contribution in [0.25, 0.3) is 0 Å². The van der Waals surface area contributed by atoms with Gasteiger partial charge in [-0.05, 0) is 20.9 Å². The zero-order valence-corrected chi connectivity index (χ0v) is 9.04. The van der Waals surface area contributed by atoms with Crippen LogP contribution >= 0.6 is 0 Å². The molecule has 0 aromatic rings. The molecular formula is C9H16F3N3. The first kappa shape index (κ1) is 14.2. The number of likely N-dealkylation sites (N-methyl/N-ethyl adjacent to an activating group) is 1. The summed E-state index contributed by atoms with van der Waals surface area (Å²) in [6.45, 7) is 2.89. The van der Waals surface area contributed by atoms with Crippen molar-refractivity contribution in [3.05, 3.63) is 0 Å². The Labute approximate surface area is 87.6 Å². The van der Waals surface area contributed by atoms with E-state index < -0.39 is 24.3 Å². The highest BCUT2D eigenvalue weighted by Gasteiger charge is 2.45. The van der Waals surface area contributed by atoms with Crippen LogP contribution in [0.2, 0.25) is 0 Å². The second-order valence-corrected chi connectivity index (χ2v) is 3.72. The first-order valence-electron chi connectivity index (χ1n) is 4.63. The lowest BCUT2D eigenvalue weighted by molar-refractivity contribution is -0.189. The van der Waals surface area contributed by atoms with Crippen LogP contribution in [-0.4, -0.2) is 36.2 Å². The van der Waals surface area contributed by atoms with E-state index in [1.807, 2.05) is 6.07 Å². The minimum Gasteiger partial charge on any atom is -0.326 e. The van der Waals surface area contributed by atoms with Gasteiger partial charge in [0.05, 0.1) is 12.5 Å². The van der Waals surface area contributed by atoms with E-state index in [0.717, 1.165) is 4.90 Å². The molecule has 0 aromatic carbocycles. The molecule has 6 heteroatoms. The predicted octanol–water partition coefficient (Wildman–Crippen LogP) is 1.50. The Hall–Kier alpha value is -0.800. The minimum absolute atomic E-state index is 0.0514. The molecule has 0 spiro atoms. The van der Waals surface area contributed by atoms with Crippen molar-refractivity contribution < 1.29 is 13.2 Å². The maximum atomic E-state index is 12.6. The van der Waals surface area contributed by atoms with Crippen molar-refractivity contribution in [2.45, 2.75) is 44.6 Å². The van der Waals surface area contributed by atoms with Crippen LogP contribution in [0.4, 0.5) is 13.2 Å². The van der Waals surface area contributed by atoms with Gasteiger partial charge in [0.25, 0.3) is 0 Å². The van der Waals surface area contributed by atoms with E-state index >= 15 is 0 Å². The third-order valence-corrected chi connectivity index (χ3v) is 2.35. The number of hydrogen-bond acceptors (Lipinski definition) is 3. The average molecular weight is 223 g/mol. The summed E-state index contributed by atoms with van der Waals surface area (Å²) in [5.41, 5.74) is 5.31. The van der Waals surface area contributed by atoms with E-state index in [0.29, 0.717) is 0 Å². The van der Waals surface area contributed by atoms with Gasteiger partial charge in [-0.15, -0.1) is 0 Å². The van der Waals surface area contributed by atoms with Gasteiger partial charge in [0, 0.05) is 12.1 Å². The Kier molecular flexibility index (Phi) is 5.05. The van der Waals surface area contributed by atoms with E-state index in [2.05, 4.69) is 0 Å². The molecule has 15 heavy (non-hydrogen) atoms. The molecule has 2 N–H and O–H groups in total. The van der Waals surface area contributed by atoms with Crippen LogP contribution in [0, 0.1) is 11.3 Å². The standard InChI is InChI=1S/C9H16F3N3/c1-6(4-5-13)15(3)8(7(2)14)9(10,11)12/h6-8H,4,14H2,1-3H3. The summed E-state index contributed by atoms with van der Waals surface area (Å²) in [6, 6.07) is -1.35.